The van der Waals surface area contributed by atoms with E-state index in [-0.39, 0.29) is 24.5 Å². The molecule has 6 atom stereocenters. The van der Waals surface area contributed by atoms with E-state index in [1.54, 1.807) is 6.08 Å². The van der Waals surface area contributed by atoms with Crippen molar-refractivity contribution in [3.05, 3.63) is 11.8 Å². The number of carbonyl (C=O) groups is 1. The molecule has 0 bridgehead atoms. The Morgan fingerprint density at radius 2 is 2.11 bits per heavy atom. The summed E-state index contributed by atoms with van der Waals surface area (Å²) in [6.07, 6.45) is 2.74. The highest BCUT2D eigenvalue weighted by Crippen LogP contribution is 2.57. The molecule has 0 aromatic rings. The molecule has 1 saturated heterocycles. The van der Waals surface area contributed by atoms with Crippen molar-refractivity contribution in [2.45, 2.75) is 95.4 Å². The number of epoxide rings is 1. The van der Waals surface area contributed by atoms with Crippen molar-refractivity contribution in [1.29, 1.82) is 0 Å². The third-order valence-corrected chi connectivity index (χ3v) is 5.79. The van der Waals surface area contributed by atoms with Gasteiger partial charge in [0, 0.05) is 12.3 Å². The fourth-order valence-electron chi connectivity index (χ4n) is 4.10. The second kappa shape index (κ2) is 9.82. The average molecular weight is 390 g/mol. The van der Waals surface area contributed by atoms with E-state index in [9.17, 15) is 19.4 Å². The number of carboxylic acids is 1. The van der Waals surface area contributed by atoms with Crippen LogP contribution in [0, 0.1) is 11.8 Å². The summed E-state index contributed by atoms with van der Waals surface area (Å²) in [5.41, 5.74) is 0. The van der Waals surface area contributed by atoms with Crippen LogP contribution in [0.5, 0.6) is 0 Å². The number of carboxylic acid groups (broad SMARTS) is 1. The first-order valence-corrected chi connectivity index (χ1v) is 10.1. The lowest BCUT2D eigenvalue weighted by molar-refractivity contribution is -0.137. The number of alkyl halides is 2. The second-order valence-corrected chi connectivity index (χ2v) is 7.82. The van der Waals surface area contributed by atoms with Crippen molar-refractivity contribution in [1.82, 2.24) is 0 Å². The maximum Gasteiger partial charge on any atom is 0.308 e. The summed E-state index contributed by atoms with van der Waals surface area (Å²) in [4.78, 5) is 10.5. The van der Waals surface area contributed by atoms with E-state index in [0.717, 1.165) is 6.42 Å². The molecule has 1 aliphatic carbocycles. The van der Waals surface area contributed by atoms with Gasteiger partial charge in [0.25, 0.3) is 0 Å². The molecule has 2 aliphatic rings. The largest absolute Gasteiger partial charge is 0.481 e. The summed E-state index contributed by atoms with van der Waals surface area (Å²) in [5, 5.41) is 28.8. The van der Waals surface area contributed by atoms with Gasteiger partial charge in [0.15, 0.2) is 5.76 Å². The van der Waals surface area contributed by atoms with Gasteiger partial charge < -0.3 is 20.1 Å². The molecule has 156 valence electrons. The molecule has 1 saturated carbocycles. The van der Waals surface area contributed by atoms with Crippen LogP contribution in [0.3, 0.4) is 0 Å². The van der Waals surface area contributed by atoms with Crippen molar-refractivity contribution in [2.75, 3.05) is 0 Å². The van der Waals surface area contributed by atoms with E-state index >= 15 is 4.39 Å². The Hall–Kier alpha value is -1.21. The van der Waals surface area contributed by atoms with Crippen LogP contribution in [0.4, 0.5) is 8.78 Å². The van der Waals surface area contributed by atoms with E-state index in [1.165, 1.54) is 0 Å². The standard InChI is InChI=1S/C20H32F2O5/c1-2-3-6-15(21)17(24)11-9-13-14(10-12-16(13)23)20(22)18(27-20)7-4-5-8-19(25)26/h7,13-17,23-24H,2-6,8-12H2,1H3,(H,25,26)/b18-7-/t13-,14+,15+,16-,17-,20-/m1/s1. The van der Waals surface area contributed by atoms with Crippen LogP contribution in [0.2, 0.25) is 0 Å². The van der Waals surface area contributed by atoms with Gasteiger partial charge in [-0.3, -0.25) is 4.79 Å². The molecule has 1 aliphatic heterocycles. The summed E-state index contributed by atoms with van der Waals surface area (Å²) in [6, 6.07) is 0. The van der Waals surface area contributed by atoms with Crippen LogP contribution in [0.1, 0.15) is 71.1 Å². The van der Waals surface area contributed by atoms with Crippen molar-refractivity contribution in [3.8, 4) is 0 Å². The van der Waals surface area contributed by atoms with Crippen molar-refractivity contribution in [3.63, 3.8) is 0 Å². The lowest BCUT2D eigenvalue weighted by Gasteiger charge is -2.24. The zero-order valence-electron chi connectivity index (χ0n) is 15.9. The minimum absolute atomic E-state index is 0.0220. The van der Waals surface area contributed by atoms with Gasteiger partial charge in [0.2, 0.25) is 0 Å². The van der Waals surface area contributed by atoms with Crippen LogP contribution < -0.4 is 0 Å². The fraction of sp³-hybridized carbons (Fsp3) is 0.850. The third-order valence-electron chi connectivity index (χ3n) is 5.79. The van der Waals surface area contributed by atoms with Crippen LogP contribution in [0.25, 0.3) is 0 Å². The Morgan fingerprint density at radius 1 is 1.37 bits per heavy atom. The zero-order chi connectivity index (χ0) is 20.0. The Kier molecular flexibility index (Phi) is 8.04. The highest BCUT2D eigenvalue weighted by atomic mass is 19.2. The smallest absolute Gasteiger partial charge is 0.308 e. The van der Waals surface area contributed by atoms with Crippen molar-refractivity contribution < 1.29 is 33.6 Å². The lowest BCUT2D eigenvalue weighted by Crippen LogP contribution is -2.30. The van der Waals surface area contributed by atoms with E-state index in [0.29, 0.717) is 44.9 Å². The van der Waals surface area contributed by atoms with E-state index < -0.39 is 36.1 Å². The molecule has 2 rings (SSSR count). The topological polar surface area (TPSA) is 90.3 Å². The predicted molar refractivity (Wildman–Crippen MR) is 96.4 cm³/mol. The molecule has 0 radical (unpaired) electrons. The molecule has 27 heavy (non-hydrogen) atoms. The number of aliphatic carboxylic acids is 1. The minimum Gasteiger partial charge on any atom is -0.481 e. The Bertz CT molecular complexity index is 527. The number of aliphatic hydroxyl groups excluding tert-OH is 2. The number of unbranched alkanes of at least 4 members (excludes halogenated alkanes) is 2. The Labute approximate surface area is 159 Å². The van der Waals surface area contributed by atoms with Crippen LogP contribution in [0.15, 0.2) is 11.8 Å². The average Bonchev–Trinajstić information content (AvgIpc) is 3.13. The second-order valence-electron chi connectivity index (χ2n) is 7.82. The van der Waals surface area contributed by atoms with Crippen LogP contribution in [-0.4, -0.2) is 45.5 Å². The number of ether oxygens (including phenoxy) is 1. The SMILES string of the molecule is CCCC[C@H](F)[C@H](O)CC[C@H]1[C@H](O)CC[C@@H]1[C@@]1(F)O/C1=C\CCCC(=O)O. The predicted octanol–water partition coefficient (Wildman–Crippen LogP) is 3.88. The number of aliphatic hydroxyl groups is 2. The third kappa shape index (κ3) is 5.88. The molecule has 3 N–H and O–H groups in total. The Balaban J connectivity index is 1.86. The number of hydrogen-bond acceptors (Lipinski definition) is 4. The van der Waals surface area contributed by atoms with Gasteiger partial charge in [-0.2, -0.15) is 4.39 Å². The number of rotatable bonds is 12. The van der Waals surface area contributed by atoms with Gasteiger partial charge in [0.05, 0.1) is 12.2 Å². The Morgan fingerprint density at radius 3 is 2.78 bits per heavy atom. The van der Waals surface area contributed by atoms with E-state index in [2.05, 4.69) is 0 Å². The molecule has 0 aromatic carbocycles. The molecule has 0 unspecified atom stereocenters. The van der Waals surface area contributed by atoms with Gasteiger partial charge in [-0.15, -0.1) is 0 Å². The van der Waals surface area contributed by atoms with Gasteiger partial charge in [-0.25, -0.2) is 4.39 Å². The molecule has 7 heteroatoms. The maximum atomic E-state index is 15.1. The van der Waals surface area contributed by atoms with E-state index in [1.807, 2.05) is 6.92 Å². The van der Waals surface area contributed by atoms with Gasteiger partial charge in [-0.1, -0.05) is 19.8 Å². The molecular formula is C20H32F2O5. The van der Waals surface area contributed by atoms with Crippen molar-refractivity contribution in [2.24, 2.45) is 11.8 Å². The van der Waals surface area contributed by atoms with Crippen LogP contribution in [-0.2, 0) is 9.53 Å². The summed E-state index contributed by atoms with van der Waals surface area (Å²) in [6.45, 7) is 1.96. The van der Waals surface area contributed by atoms with Gasteiger partial charge in [0.1, 0.15) is 6.17 Å². The zero-order valence-corrected chi connectivity index (χ0v) is 15.9. The summed E-state index contributed by atoms with van der Waals surface area (Å²) in [5.74, 6) is -3.48. The summed E-state index contributed by atoms with van der Waals surface area (Å²) < 4.78 is 34.2. The van der Waals surface area contributed by atoms with Gasteiger partial charge >= 0.3 is 11.8 Å². The first kappa shape index (κ1) is 22.1. The highest BCUT2D eigenvalue weighted by molar-refractivity contribution is 5.66. The van der Waals surface area contributed by atoms with Crippen molar-refractivity contribution >= 4 is 5.97 Å². The maximum absolute atomic E-state index is 15.1. The first-order valence-electron chi connectivity index (χ1n) is 10.1. The first-order chi connectivity index (χ1) is 12.8. The summed E-state index contributed by atoms with van der Waals surface area (Å²) >= 11 is 0. The fourth-order valence-corrected chi connectivity index (χ4v) is 4.10. The summed E-state index contributed by atoms with van der Waals surface area (Å²) in [7, 11) is 0. The molecule has 1 heterocycles. The van der Waals surface area contributed by atoms with E-state index in [4.69, 9.17) is 9.84 Å². The minimum atomic E-state index is -1.91. The molecule has 2 fully saturated rings. The molecular weight excluding hydrogens is 358 g/mol. The molecule has 0 spiro atoms. The highest BCUT2D eigenvalue weighted by Gasteiger charge is 2.63. The lowest BCUT2D eigenvalue weighted by atomic mass is 9.85. The monoisotopic (exact) mass is 390 g/mol. The van der Waals surface area contributed by atoms with Gasteiger partial charge in [-0.05, 0) is 56.9 Å². The number of halogens is 2. The molecule has 0 amide bonds. The normalized spacial score (nSPS) is 33.7. The van der Waals surface area contributed by atoms with Crippen LogP contribution >= 0.6 is 0 Å². The number of hydrogen-bond donors (Lipinski definition) is 3. The molecule has 5 nitrogen and oxygen atoms in total. The number of allylic oxidation sites excluding steroid dienone is 1. The quantitative estimate of drug-likeness (QED) is 0.348. The molecule has 0 aromatic heterocycles.